The number of methoxy groups -OCH3 is 2. The molecule has 0 amide bonds. The topological polar surface area (TPSA) is 151 Å². The lowest BCUT2D eigenvalue weighted by molar-refractivity contribution is -0.185. The number of nitrogens with zero attached hydrogens (tertiary/aromatic N) is 3. The number of hydrogen-bond acceptors (Lipinski definition) is 13. The van der Waals surface area contributed by atoms with Crippen LogP contribution in [0.5, 0.6) is 34.5 Å². The van der Waals surface area contributed by atoms with Crippen molar-refractivity contribution in [1.82, 2.24) is 14.7 Å². The highest BCUT2D eigenvalue weighted by Gasteiger charge is 2.73. The molecule has 3 saturated heterocycles. The standard InChI is InChI=1S/C18H21NO4.C18H21NO3.C17H19NO3/c1-19-8-7-17-14-10-3-4-12(22-2)15(14)23-16(17)11(20)5-6-18(17,21)13(19)9-10;1-19-8-7-18-11-4-5-13(20)17(18)22-16-14(21-2)6-3-10(15(16)18)9-12(11)19;1-18-7-6-17-10-3-5-13(20)16(17)21-15-12(19)4-2-9(14(15)17)8-11(10)18/h3-4,13,16,21H,5-9H2,1-2H3;3,6,11-12,17H,4-5,7-9H2,1-2H3;2-5,10-11,13,16,19-20H,6-8H2,1H3/t13-,16+,17+,18-;11-,12+,17-,18-;10-,11+,13-,16-,17-/m100/s1. The second kappa shape index (κ2) is 14.0. The van der Waals surface area contributed by atoms with Crippen molar-refractivity contribution in [3.8, 4) is 34.5 Å². The van der Waals surface area contributed by atoms with Gasteiger partial charge in [0.2, 0.25) is 0 Å². The molecular formula is C53H61N3O10. The Balaban J connectivity index is 0.0000000989. The largest absolute Gasteiger partial charge is 0.504 e. The lowest BCUT2D eigenvalue weighted by Crippen LogP contribution is -2.76. The molecule has 0 unspecified atom stereocenters. The molecule has 348 valence electrons. The minimum atomic E-state index is -0.900. The van der Waals surface area contributed by atoms with Gasteiger partial charge in [-0.1, -0.05) is 30.4 Å². The number of piperidine rings is 3. The first-order chi connectivity index (χ1) is 31.8. The predicted molar refractivity (Wildman–Crippen MR) is 242 cm³/mol. The fourth-order valence-electron chi connectivity index (χ4n) is 16.6. The number of hydrogen-bond donors (Lipinski definition) is 3. The number of aliphatic hydroxyl groups excluding tert-OH is 1. The van der Waals surface area contributed by atoms with E-state index in [1.165, 1.54) is 27.8 Å². The van der Waals surface area contributed by atoms with Gasteiger partial charge in [0.1, 0.15) is 12.2 Å². The highest BCUT2D eigenvalue weighted by atomic mass is 16.5. The Morgan fingerprint density at radius 3 is 2.00 bits per heavy atom. The summed E-state index contributed by atoms with van der Waals surface area (Å²) in [6.07, 6.45) is 10.5. The first-order valence-electron chi connectivity index (χ1n) is 24.3. The lowest BCUT2D eigenvalue weighted by atomic mass is 9.49. The molecule has 5 fully saturated rings. The van der Waals surface area contributed by atoms with Gasteiger partial charge in [-0.25, -0.2) is 0 Å². The molecule has 6 aliphatic heterocycles. The molecular weight excluding hydrogens is 839 g/mol. The Labute approximate surface area is 385 Å². The minimum absolute atomic E-state index is 0.0438. The van der Waals surface area contributed by atoms with Crippen molar-refractivity contribution in [1.29, 1.82) is 0 Å². The fraction of sp³-hybridized carbons (Fsp3) is 0.585. The lowest BCUT2D eigenvalue weighted by Gasteiger charge is -2.62. The average molecular weight is 900 g/mol. The van der Waals surface area contributed by atoms with E-state index in [2.05, 4.69) is 54.1 Å². The van der Waals surface area contributed by atoms with E-state index >= 15 is 0 Å². The normalized spacial score (nSPS) is 40.5. The molecule has 13 heteroatoms. The van der Waals surface area contributed by atoms with Crippen LogP contribution in [0.15, 0.2) is 48.6 Å². The van der Waals surface area contributed by atoms with Crippen molar-refractivity contribution in [2.24, 2.45) is 11.8 Å². The highest BCUT2D eigenvalue weighted by Crippen LogP contribution is 2.66. The van der Waals surface area contributed by atoms with Gasteiger partial charge in [-0.05, 0) is 133 Å². The number of aromatic hydroxyl groups is 1. The molecule has 6 heterocycles. The third-order valence-corrected chi connectivity index (χ3v) is 19.5. The Bertz CT molecular complexity index is 2650. The van der Waals surface area contributed by atoms with Crippen LogP contribution in [0.3, 0.4) is 0 Å². The molecule has 12 aliphatic rings. The van der Waals surface area contributed by atoms with Crippen LogP contribution < -0.4 is 23.7 Å². The van der Waals surface area contributed by atoms with E-state index in [1.54, 1.807) is 20.3 Å². The Hall–Kier alpha value is -4.66. The average Bonchev–Trinajstić information content (AvgIpc) is 3.99. The van der Waals surface area contributed by atoms with Crippen LogP contribution in [0.25, 0.3) is 0 Å². The quantitative estimate of drug-likeness (QED) is 0.316. The van der Waals surface area contributed by atoms with Gasteiger partial charge in [-0.2, -0.15) is 0 Å². The Kier molecular flexibility index (Phi) is 8.79. The second-order valence-corrected chi connectivity index (χ2v) is 21.7. The molecule has 13 nitrogen and oxygen atoms in total. The molecule has 3 N–H and O–H groups in total. The zero-order valence-corrected chi connectivity index (χ0v) is 38.5. The Morgan fingerprint density at radius 2 is 1.26 bits per heavy atom. The zero-order valence-electron chi connectivity index (χ0n) is 38.5. The molecule has 3 aromatic rings. The van der Waals surface area contributed by atoms with Crippen LogP contribution in [-0.2, 0) is 45.1 Å². The van der Waals surface area contributed by atoms with Gasteiger partial charge in [0, 0.05) is 64.4 Å². The van der Waals surface area contributed by atoms with E-state index in [9.17, 15) is 24.9 Å². The van der Waals surface area contributed by atoms with Crippen LogP contribution in [0, 0.1) is 11.8 Å². The molecule has 0 aromatic heterocycles. The van der Waals surface area contributed by atoms with Crippen LogP contribution in [0.2, 0.25) is 0 Å². The van der Waals surface area contributed by atoms with Crippen LogP contribution >= 0.6 is 0 Å². The summed E-state index contributed by atoms with van der Waals surface area (Å²) in [5, 5.41) is 32.4. The number of likely N-dealkylation sites (tertiary alicyclic amines) is 3. The van der Waals surface area contributed by atoms with Gasteiger partial charge in [0.15, 0.2) is 58.3 Å². The van der Waals surface area contributed by atoms with Gasteiger partial charge in [0.25, 0.3) is 0 Å². The SMILES string of the molecule is CN1CC[C@]23c4c5ccc(O)c4O[C@H]2[C@@H](O)C=C[C@H]3[C@H]1C5.COc1ccc2c3c1O[C@H]1C(=O)CC[C@@]4(O)[C@@H](C2)N(C)CC[C@]314.COc1ccc2c3c1O[C@H]1C(=O)CC[C@H]4[C@@H](C2)N(C)CC[C@]314. The molecule has 3 aromatic carbocycles. The van der Waals surface area contributed by atoms with E-state index in [0.717, 1.165) is 81.6 Å². The summed E-state index contributed by atoms with van der Waals surface area (Å²) in [5.74, 6) is 5.12. The van der Waals surface area contributed by atoms with Gasteiger partial charge >= 0.3 is 0 Å². The number of ketones is 2. The van der Waals surface area contributed by atoms with Crippen LogP contribution in [0.4, 0.5) is 0 Å². The third-order valence-electron chi connectivity index (χ3n) is 19.5. The summed E-state index contributed by atoms with van der Waals surface area (Å²) >= 11 is 0. The van der Waals surface area contributed by atoms with E-state index < -0.39 is 23.2 Å². The highest BCUT2D eigenvalue weighted by molar-refractivity contribution is 5.90. The number of carbonyl (C=O) groups excluding carboxylic acids is 2. The molecule has 13 atom stereocenters. The molecule has 66 heavy (non-hydrogen) atoms. The van der Waals surface area contributed by atoms with Crippen molar-refractivity contribution < 1.29 is 48.6 Å². The van der Waals surface area contributed by atoms with E-state index in [4.69, 9.17) is 23.7 Å². The molecule has 6 bridgehead atoms. The van der Waals surface area contributed by atoms with Gasteiger partial charge < -0.3 is 53.7 Å². The maximum atomic E-state index is 12.7. The summed E-state index contributed by atoms with van der Waals surface area (Å²) in [6.45, 7) is 2.93. The smallest absolute Gasteiger partial charge is 0.174 e. The zero-order chi connectivity index (χ0) is 45.4. The minimum Gasteiger partial charge on any atom is -0.504 e. The van der Waals surface area contributed by atoms with Gasteiger partial charge in [0.05, 0.1) is 25.2 Å². The number of Topliss-reactive ketones (excluding diaryl/α,β-unsaturated/α-hetero) is 2. The number of ether oxygens (including phenoxy) is 5. The summed E-state index contributed by atoms with van der Waals surface area (Å²) in [7, 11) is 9.80. The van der Waals surface area contributed by atoms with E-state index in [-0.39, 0.29) is 46.4 Å². The maximum Gasteiger partial charge on any atom is 0.174 e. The summed E-state index contributed by atoms with van der Waals surface area (Å²) in [6, 6.07) is 13.0. The van der Waals surface area contributed by atoms with Crippen LogP contribution in [-0.4, -0.2) is 145 Å². The van der Waals surface area contributed by atoms with Gasteiger partial charge in [-0.3, -0.25) is 9.59 Å². The third kappa shape index (κ3) is 4.88. The van der Waals surface area contributed by atoms with E-state index in [0.29, 0.717) is 60.4 Å². The van der Waals surface area contributed by atoms with Crippen molar-refractivity contribution in [3.05, 3.63) is 81.9 Å². The predicted octanol–water partition coefficient (Wildman–Crippen LogP) is 4.18. The van der Waals surface area contributed by atoms with Crippen molar-refractivity contribution in [2.45, 2.75) is 129 Å². The molecule has 6 aliphatic carbocycles. The number of phenols is 1. The van der Waals surface area contributed by atoms with Crippen molar-refractivity contribution >= 4 is 11.6 Å². The number of phenolic OH excluding ortho intramolecular Hbond substituents is 1. The molecule has 0 radical (unpaired) electrons. The molecule has 3 spiro atoms. The number of benzene rings is 3. The molecule has 15 rings (SSSR count). The number of carbonyl (C=O) groups is 2. The number of aliphatic hydroxyl groups is 2. The number of rotatable bonds is 2. The summed E-state index contributed by atoms with van der Waals surface area (Å²) < 4.78 is 29.5. The second-order valence-electron chi connectivity index (χ2n) is 21.7. The Morgan fingerprint density at radius 1 is 0.652 bits per heavy atom. The first kappa shape index (κ1) is 41.5. The monoisotopic (exact) mass is 899 g/mol. The number of likely N-dealkylation sites (N-methyl/N-ethyl adjacent to an activating group) is 3. The summed E-state index contributed by atoms with van der Waals surface area (Å²) in [5.41, 5.74) is 5.60. The fourth-order valence-corrected chi connectivity index (χ4v) is 16.6. The summed E-state index contributed by atoms with van der Waals surface area (Å²) in [4.78, 5) is 32.5. The maximum absolute atomic E-state index is 12.7. The van der Waals surface area contributed by atoms with Crippen LogP contribution in [0.1, 0.15) is 78.3 Å². The van der Waals surface area contributed by atoms with Gasteiger partial charge in [-0.15, -0.1) is 0 Å². The first-order valence-corrected chi connectivity index (χ1v) is 24.3. The van der Waals surface area contributed by atoms with Crippen molar-refractivity contribution in [2.75, 3.05) is 55.0 Å². The van der Waals surface area contributed by atoms with E-state index in [1.807, 2.05) is 24.3 Å². The van der Waals surface area contributed by atoms with Crippen molar-refractivity contribution in [3.63, 3.8) is 0 Å². The molecule has 2 saturated carbocycles.